The third kappa shape index (κ3) is 5.15. The maximum Gasteiger partial charge on any atom is 0.350 e. The number of ether oxygens (including phenoxy) is 1. The van der Waals surface area contributed by atoms with E-state index in [4.69, 9.17) is 16.4 Å². The highest BCUT2D eigenvalue weighted by Gasteiger charge is 2.28. The second-order valence-electron chi connectivity index (χ2n) is 6.02. The molecule has 152 valence electrons. The van der Waals surface area contributed by atoms with E-state index in [1.54, 1.807) is 19.2 Å². The van der Waals surface area contributed by atoms with Crippen LogP contribution < -0.4 is 26.9 Å². The second kappa shape index (κ2) is 10.3. The van der Waals surface area contributed by atoms with Crippen LogP contribution in [-0.2, 0) is 5.75 Å². The minimum Gasteiger partial charge on any atom is -0.496 e. The number of rotatable bonds is 6. The molecule has 0 spiro atoms. The van der Waals surface area contributed by atoms with Crippen LogP contribution in [0, 0.1) is 5.82 Å². The van der Waals surface area contributed by atoms with E-state index in [9.17, 15) is 9.18 Å². The Bertz CT molecular complexity index is 815. The molecule has 0 heterocycles. The molecule has 8 heteroatoms. The van der Waals surface area contributed by atoms with Gasteiger partial charge in [-0.05, 0) is 54.2 Å². The van der Waals surface area contributed by atoms with E-state index in [-0.39, 0.29) is 5.82 Å². The molecule has 0 unspecified atom stereocenters. The summed E-state index contributed by atoms with van der Waals surface area (Å²) in [6, 6.07) is 9.50. The zero-order chi connectivity index (χ0) is 20.7. The van der Waals surface area contributed by atoms with Gasteiger partial charge < -0.3 is 4.74 Å². The van der Waals surface area contributed by atoms with E-state index in [2.05, 4.69) is 0 Å². The molecule has 2 aromatic carbocycles. The molecule has 1 saturated carbocycles. The van der Waals surface area contributed by atoms with Crippen molar-refractivity contribution in [1.29, 1.82) is 0 Å². The summed E-state index contributed by atoms with van der Waals surface area (Å²) < 4.78 is 18.9. The van der Waals surface area contributed by atoms with Gasteiger partial charge in [0.05, 0.1) is 17.7 Å². The van der Waals surface area contributed by atoms with Gasteiger partial charge in [0.2, 0.25) is 0 Å². The predicted octanol–water partition coefficient (Wildman–Crippen LogP) is 4.29. The standard InChI is InChI=1S/C18H21FN4O2S.C2H6/c1-25-16-8-7-12(19)9-17(16)26-10-14-13(11-5-6-11)3-2-4-15(14)23(21)18(24)22-20;1-2/h2-4,7-9,11H,5-6,10,20-21H2,1H3,(H,22,24);1-2H3. The molecule has 1 aliphatic carbocycles. The molecule has 28 heavy (non-hydrogen) atoms. The Morgan fingerprint density at radius 1 is 1.32 bits per heavy atom. The highest BCUT2D eigenvalue weighted by atomic mass is 32.2. The van der Waals surface area contributed by atoms with E-state index in [0.717, 1.165) is 29.0 Å². The summed E-state index contributed by atoms with van der Waals surface area (Å²) in [6.07, 6.45) is 2.22. The minimum absolute atomic E-state index is 0.327. The van der Waals surface area contributed by atoms with Crippen molar-refractivity contribution < 1.29 is 13.9 Å². The summed E-state index contributed by atoms with van der Waals surface area (Å²) in [5.41, 5.74) is 4.72. The Morgan fingerprint density at radius 2 is 2.04 bits per heavy atom. The van der Waals surface area contributed by atoms with Gasteiger partial charge >= 0.3 is 6.03 Å². The number of thioether (sulfide) groups is 1. The number of carbonyl (C=O) groups is 1. The number of anilines is 1. The number of methoxy groups -OCH3 is 1. The van der Waals surface area contributed by atoms with Crippen LogP contribution in [0.4, 0.5) is 14.9 Å². The van der Waals surface area contributed by atoms with Gasteiger partial charge in [0, 0.05) is 5.75 Å². The van der Waals surface area contributed by atoms with Crippen LogP contribution in [0.1, 0.15) is 43.7 Å². The zero-order valence-electron chi connectivity index (χ0n) is 16.4. The first-order valence-electron chi connectivity index (χ1n) is 9.18. The van der Waals surface area contributed by atoms with E-state index in [0.29, 0.717) is 28.0 Å². The lowest BCUT2D eigenvalue weighted by atomic mass is 10.0. The molecule has 5 N–H and O–H groups in total. The Balaban J connectivity index is 0.00000136. The van der Waals surface area contributed by atoms with Gasteiger partial charge in [0.1, 0.15) is 11.6 Å². The molecule has 1 fully saturated rings. The Labute approximate surface area is 169 Å². The number of carbonyl (C=O) groups excluding carboxylic acids is 1. The van der Waals surface area contributed by atoms with Crippen molar-refractivity contribution in [2.75, 3.05) is 12.1 Å². The molecular formula is C20H27FN4O2S. The van der Waals surface area contributed by atoms with Crippen LogP contribution in [0.2, 0.25) is 0 Å². The largest absolute Gasteiger partial charge is 0.496 e. The van der Waals surface area contributed by atoms with Gasteiger partial charge in [-0.1, -0.05) is 26.0 Å². The number of nitrogens with two attached hydrogens (primary N) is 2. The third-order valence-corrected chi connectivity index (χ3v) is 5.37. The SMILES string of the molecule is CC.COc1ccc(F)cc1SCc1c(C2CC2)cccc1N(N)C(=O)NN. The number of amides is 2. The smallest absolute Gasteiger partial charge is 0.350 e. The number of hydrogen-bond acceptors (Lipinski definition) is 5. The predicted molar refractivity (Wildman–Crippen MR) is 112 cm³/mol. The quantitative estimate of drug-likeness (QED) is 0.288. The van der Waals surface area contributed by atoms with Crippen LogP contribution in [0.5, 0.6) is 5.75 Å². The summed E-state index contributed by atoms with van der Waals surface area (Å²) >= 11 is 1.44. The molecule has 3 rings (SSSR count). The molecular weight excluding hydrogens is 379 g/mol. The molecule has 0 bridgehead atoms. The monoisotopic (exact) mass is 406 g/mol. The molecule has 1 aliphatic rings. The van der Waals surface area contributed by atoms with E-state index in [1.807, 2.05) is 31.4 Å². The van der Waals surface area contributed by atoms with Gasteiger partial charge in [0.25, 0.3) is 0 Å². The number of nitrogens with one attached hydrogen (secondary N) is 1. The fraction of sp³-hybridized carbons (Fsp3) is 0.350. The third-order valence-electron chi connectivity index (χ3n) is 4.30. The molecule has 0 aliphatic heterocycles. The van der Waals surface area contributed by atoms with E-state index >= 15 is 0 Å². The average molecular weight is 407 g/mol. The first kappa shape index (κ1) is 22.0. The normalized spacial score (nSPS) is 12.6. The second-order valence-corrected chi connectivity index (χ2v) is 7.04. The summed E-state index contributed by atoms with van der Waals surface area (Å²) in [5.74, 6) is 12.4. The summed E-state index contributed by atoms with van der Waals surface area (Å²) in [7, 11) is 1.55. The zero-order valence-corrected chi connectivity index (χ0v) is 17.2. The van der Waals surface area contributed by atoms with Crippen molar-refractivity contribution >= 4 is 23.5 Å². The van der Waals surface area contributed by atoms with Crippen LogP contribution in [0.3, 0.4) is 0 Å². The van der Waals surface area contributed by atoms with Gasteiger partial charge in [-0.15, -0.1) is 11.8 Å². The van der Waals surface area contributed by atoms with Crippen molar-refractivity contribution in [1.82, 2.24) is 5.43 Å². The lowest BCUT2D eigenvalue weighted by molar-refractivity contribution is 0.246. The molecule has 0 aromatic heterocycles. The number of urea groups is 1. The van der Waals surface area contributed by atoms with E-state index in [1.165, 1.54) is 23.9 Å². The van der Waals surface area contributed by atoms with Crippen molar-refractivity contribution in [3.8, 4) is 5.75 Å². The summed E-state index contributed by atoms with van der Waals surface area (Å²) in [5, 5.41) is 1.00. The number of hydrazine groups is 2. The molecule has 2 aromatic rings. The van der Waals surface area contributed by atoms with Gasteiger partial charge in [-0.2, -0.15) is 0 Å². The molecule has 0 radical (unpaired) electrons. The Morgan fingerprint density at radius 3 is 2.64 bits per heavy atom. The molecule has 2 amide bonds. The lowest BCUT2D eigenvalue weighted by Gasteiger charge is -2.22. The fourth-order valence-corrected chi connectivity index (χ4v) is 3.95. The highest BCUT2D eigenvalue weighted by molar-refractivity contribution is 7.98. The van der Waals surface area contributed by atoms with Gasteiger partial charge in [-0.25, -0.2) is 25.9 Å². The van der Waals surface area contributed by atoms with Crippen LogP contribution >= 0.6 is 11.8 Å². The van der Waals surface area contributed by atoms with Crippen LogP contribution in [0.25, 0.3) is 0 Å². The first-order chi connectivity index (χ1) is 13.5. The van der Waals surface area contributed by atoms with E-state index < -0.39 is 6.03 Å². The highest BCUT2D eigenvalue weighted by Crippen LogP contribution is 2.45. The topological polar surface area (TPSA) is 93.6 Å². The Hall–Kier alpha value is -2.29. The van der Waals surface area contributed by atoms with Crippen LogP contribution in [-0.4, -0.2) is 13.1 Å². The van der Waals surface area contributed by atoms with Crippen molar-refractivity contribution in [2.45, 2.75) is 43.3 Å². The molecule has 0 atom stereocenters. The van der Waals surface area contributed by atoms with Crippen molar-refractivity contribution in [3.63, 3.8) is 0 Å². The maximum atomic E-state index is 13.6. The number of nitrogens with zero attached hydrogens (tertiary/aromatic N) is 1. The number of benzene rings is 2. The minimum atomic E-state index is -0.604. The lowest BCUT2D eigenvalue weighted by Crippen LogP contribution is -2.48. The van der Waals surface area contributed by atoms with Crippen molar-refractivity contribution in [2.24, 2.45) is 11.7 Å². The van der Waals surface area contributed by atoms with Crippen LogP contribution in [0.15, 0.2) is 41.3 Å². The summed E-state index contributed by atoms with van der Waals surface area (Å²) in [6.45, 7) is 4.00. The average Bonchev–Trinajstić information content (AvgIpc) is 3.57. The number of hydrogen-bond donors (Lipinski definition) is 3. The maximum absolute atomic E-state index is 13.6. The summed E-state index contributed by atoms with van der Waals surface area (Å²) in [4.78, 5) is 12.6. The first-order valence-corrected chi connectivity index (χ1v) is 10.2. The van der Waals surface area contributed by atoms with Crippen molar-refractivity contribution in [3.05, 3.63) is 53.3 Å². The van der Waals surface area contributed by atoms with Gasteiger partial charge in [-0.3, -0.25) is 5.43 Å². The Kier molecular flexibility index (Phi) is 8.10. The number of halogens is 1. The van der Waals surface area contributed by atoms with Gasteiger partial charge in [0.15, 0.2) is 0 Å². The molecule has 6 nitrogen and oxygen atoms in total. The fourth-order valence-electron chi connectivity index (χ4n) is 2.84. The molecule has 0 saturated heterocycles.